The second-order valence-corrected chi connectivity index (χ2v) is 10.7. The first-order valence-electron chi connectivity index (χ1n) is 11.3. The third-order valence-electron chi connectivity index (χ3n) is 6.24. The van der Waals surface area contributed by atoms with Crippen molar-refractivity contribution in [2.75, 3.05) is 18.8 Å². The summed E-state index contributed by atoms with van der Waals surface area (Å²) < 4.78 is 31.5. The summed E-state index contributed by atoms with van der Waals surface area (Å²) in [6, 6.07) is 16.0. The lowest BCUT2D eigenvalue weighted by Gasteiger charge is -2.30. The summed E-state index contributed by atoms with van der Waals surface area (Å²) in [6.45, 7) is 4.74. The Labute approximate surface area is 199 Å². The molecule has 4 rings (SSSR count). The molecule has 0 spiro atoms. The highest BCUT2D eigenvalue weighted by molar-refractivity contribution is 7.92. The van der Waals surface area contributed by atoms with Crippen molar-refractivity contribution in [1.82, 2.24) is 9.88 Å². The minimum absolute atomic E-state index is 0.0203. The Morgan fingerprint density at radius 2 is 1.74 bits per heavy atom. The van der Waals surface area contributed by atoms with Crippen LogP contribution >= 0.6 is 0 Å². The number of fused-ring (bicyclic) bond motifs is 1. The molecule has 7 nitrogen and oxygen atoms in total. The maximum absolute atomic E-state index is 12.8. The van der Waals surface area contributed by atoms with E-state index in [1.54, 1.807) is 17.0 Å². The van der Waals surface area contributed by atoms with Gasteiger partial charge in [-0.05, 0) is 56.2 Å². The number of hydrogen-bond acceptors (Lipinski definition) is 6. The lowest BCUT2D eigenvalue weighted by molar-refractivity contribution is -0.132. The number of hydrogen-bond donors (Lipinski definition) is 0. The van der Waals surface area contributed by atoms with Crippen LogP contribution in [0.4, 0.5) is 0 Å². The quantitative estimate of drug-likeness (QED) is 0.512. The van der Waals surface area contributed by atoms with Crippen molar-refractivity contribution >= 4 is 32.4 Å². The molecule has 0 saturated carbocycles. The summed E-state index contributed by atoms with van der Waals surface area (Å²) in [7, 11) is -3.75. The van der Waals surface area contributed by atoms with Gasteiger partial charge in [0, 0.05) is 42.6 Å². The maximum atomic E-state index is 12.8. The van der Waals surface area contributed by atoms with E-state index in [9.17, 15) is 18.0 Å². The Morgan fingerprint density at radius 3 is 2.41 bits per heavy atom. The van der Waals surface area contributed by atoms with Crippen LogP contribution in [0.15, 0.2) is 59.5 Å². The number of piperidine rings is 1. The number of pyridine rings is 1. The third kappa shape index (κ3) is 5.44. The summed E-state index contributed by atoms with van der Waals surface area (Å²) >= 11 is 0. The lowest BCUT2D eigenvalue weighted by atomic mass is 9.93. The number of rotatable bonds is 7. The molecule has 1 amide bonds. The van der Waals surface area contributed by atoms with Crippen molar-refractivity contribution in [2.24, 2.45) is 5.92 Å². The van der Waals surface area contributed by atoms with E-state index >= 15 is 0 Å². The molecule has 1 aromatic heterocycles. The number of Topliss-reactive ketones (excluding diaryl/α,β-unsaturated/α-hetero) is 1. The number of nitrogens with zero attached hydrogens (tertiary/aromatic N) is 2. The molecule has 8 heteroatoms. The Balaban J connectivity index is 1.38. The fourth-order valence-corrected chi connectivity index (χ4v) is 5.65. The van der Waals surface area contributed by atoms with E-state index in [2.05, 4.69) is 4.98 Å². The predicted molar refractivity (Wildman–Crippen MR) is 129 cm³/mol. The first kappa shape index (κ1) is 23.9. The lowest BCUT2D eigenvalue weighted by Crippen LogP contribution is -2.40. The van der Waals surface area contributed by atoms with Gasteiger partial charge in [-0.2, -0.15) is 0 Å². The number of aromatic nitrogens is 1. The highest BCUT2D eigenvalue weighted by atomic mass is 32.2. The Hall–Kier alpha value is -3.26. The third-order valence-corrected chi connectivity index (χ3v) is 7.89. The van der Waals surface area contributed by atoms with Crippen LogP contribution in [-0.2, 0) is 26.0 Å². The zero-order valence-electron chi connectivity index (χ0n) is 19.4. The van der Waals surface area contributed by atoms with Crippen LogP contribution in [0.3, 0.4) is 0 Å². The molecule has 1 aliphatic rings. The highest BCUT2D eigenvalue weighted by Crippen LogP contribution is 2.24. The smallest absolute Gasteiger partial charge is 0.219 e. The summed E-state index contributed by atoms with van der Waals surface area (Å²) in [4.78, 5) is 30.4. The van der Waals surface area contributed by atoms with Gasteiger partial charge in [0.1, 0.15) is 18.1 Å². The molecule has 1 fully saturated rings. The highest BCUT2D eigenvalue weighted by Gasteiger charge is 2.29. The number of ether oxygens (including phenoxy) is 1. The van der Waals surface area contributed by atoms with Crippen LogP contribution in [0.5, 0.6) is 5.75 Å². The van der Waals surface area contributed by atoms with Gasteiger partial charge in [0.15, 0.2) is 15.6 Å². The number of sulfone groups is 1. The van der Waals surface area contributed by atoms with Crippen LogP contribution in [0, 0.1) is 12.8 Å². The fourth-order valence-electron chi connectivity index (χ4n) is 4.32. The van der Waals surface area contributed by atoms with Gasteiger partial charge in [-0.3, -0.25) is 14.6 Å². The van der Waals surface area contributed by atoms with Crippen molar-refractivity contribution < 1.29 is 22.7 Å². The van der Waals surface area contributed by atoms with Crippen LogP contribution in [0.25, 0.3) is 10.9 Å². The van der Waals surface area contributed by atoms with Gasteiger partial charge in [0.05, 0.1) is 10.4 Å². The minimum Gasteiger partial charge on any atom is -0.489 e. The van der Waals surface area contributed by atoms with Gasteiger partial charge < -0.3 is 9.64 Å². The molecule has 3 aromatic rings. The number of benzene rings is 2. The number of para-hydroxylation sites is 1. The molecule has 1 aliphatic heterocycles. The molecule has 0 radical (unpaired) electrons. The molecule has 34 heavy (non-hydrogen) atoms. The number of likely N-dealkylation sites (tertiary alicyclic amines) is 1. The zero-order chi connectivity index (χ0) is 24.3. The molecule has 0 bridgehead atoms. The van der Waals surface area contributed by atoms with E-state index in [-0.39, 0.29) is 22.5 Å². The van der Waals surface area contributed by atoms with Crippen LogP contribution in [-0.4, -0.2) is 48.8 Å². The molecule has 2 heterocycles. The SMILES string of the molecule is CC(=O)N1CCC(C(=O)CS(=O)(=O)c2ccc(OCc3cc(C)nc4ccccc34)cc2)CC1. The molecule has 2 aromatic carbocycles. The van der Waals surface area contributed by atoms with E-state index in [4.69, 9.17) is 4.74 Å². The Kier molecular flexibility index (Phi) is 6.97. The number of ketones is 1. The van der Waals surface area contributed by atoms with E-state index in [1.807, 2.05) is 37.3 Å². The molecule has 1 saturated heterocycles. The van der Waals surface area contributed by atoms with Gasteiger partial charge in [-0.15, -0.1) is 0 Å². The molecular weight excluding hydrogens is 452 g/mol. The van der Waals surface area contributed by atoms with Crippen LogP contribution in [0.2, 0.25) is 0 Å². The molecule has 0 unspecified atom stereocenters. The number of carbonyl (C=O) groups is 2. The van der Waals surface area contributed by atoms with Crippen molar-refractivity contribution in [3.8, 4) is 5.75 Å². The first-order valence-corrected chi connectivity index (χ1v) is 13.0. The molecule has 178 valence electrons. The standard InChI is InChI=1S/C26H28N2O5S/c1-18-15-21(24-5-3-4-6-25(24)27-18)16-33-22-7-9-23(10-8-22)34(31,32)17-26(30)20-11-13-28(14-12-20)19(2)29/h3-10,15,20H,11-14,16-17H2,1-2H3. The second-order valence-electron chi connectivity index (χ2n) is 8.71. The second kappa shape index (κ2) is 9.93. The van der Waals surface area contributed by atoms with Crippen molar-refractivity contribution in [2.45, 2.75) is 38.2 Å². The van der Waals surface area contributed by atoms with Gasteiger partial charge in [0.25, 0.3) is 0 Å². The predicted octanol–water partition coefficient (Wildman–Crippen LogP) is 3.72. The number of aryl methyl sites for hydroxylation is 1. The Bertz CT molecular complexity index is 1310. The molecule has 0 aliphatic carbocycles. The molecular formula is C26H28N2O5S. The summed E-state index contributed by atoms with van der Waals surface area (Å²) in [5.41, 5.74) is 2.80. The van der Waals surface area contributed by atoms with Crippen LogP contribution in [0.1, 0.15) is 31.0 Å². The van der Waals surface area contributed by atoms with E-state index < -0.39 is 15.6 Å². The number of carbonyl (C=O) groups excluding carboxylic acids is 2. The fraction of sp³-hybridized carbons (Fsp3) is 0.346. The zero-order valence-corrected chi connectivity index (χ0v) is 20.2. The van der Waals surface area contributed by atoms with E-state index in [0.29, 0.717) is 38.3 Å². The molecule has 0 atom stereocenters. The monoisotopic (exact) mass is 480 g/mol. The van der Waals surface area contributed by atoms with E-state index in [0.717, 1.165) is 22.2 Å². The maximum Gasteiger partial charge on any atom is 0.219 e. The average molecular weight is 481 g/mol. The minimum atomic E-state index is -3.75. The van der Waals surface area contributed by atoms with Gasteiger partial charge in [0.2, 0.25) is 5.91 Å². The van der Waals surface area contributed by atoms with Crippen molar-refractivity contribution in [3.05, 3.63) is 65.9 Å². The normalized spacial score (nSPS) is 14.8. The summed E-state index contributed by atoms with van der Waals surface area (Å²) in [5.74, 6) is -0.621. The number of amides is 1. The summed E-state index contributed by atoms with van der Waals surface area (Å²) in [6.07, 6.45) is 1.01. The van der Waals surface area contributed by atoms with Crippen molar-refractivity contribution in [3.63, 3.8) is 0 Å². The van der Waals surface area contributed by atoms with Gasteiger partial charge >= 0.3 is 0 Å². The van der Waals surface area contributed by atoms with Crippen LogP contribution < -0.4 is 4.74 Å². The largest absolute Gasteiger partial charge is 0.489 e. The average Bonchev–Trinajstić information content (AvgIpc) is 2.82. The van der Waals surface area contributed by atoms with Crippen molar-refractivity contribution in [1.29, 1.82) is 0 Å². The Morgan fingerprint density at radius 1 is 1.06 bits per heavy atom. The van der Waals surface area contributed by atoms with Gasteiger partial charge in [-0.25, -0.2) is 8.42 Å². The topological polar surface area (TPSA) is 93.6 Å². The first-order chi connectivity index (χ1) is 16.2. The summed E-state index contributed by atoms with van der Waals surface area (Å²) in [5, 5.41) is 1.01. The molecule has 0 N–H and O–H groups in total. The van der Waals surface area contributed by atoms with E-state index in [1.165, 1.54) is 19.1 Å². The van der Waals surface area contributed by atoms with Gasteiger partial charge in [-0.1, -0.05) is 18.2 Å².